The number of alkyl halides is 3. The Morgan fingerprint density at radius 1 is 1.24 bits per heavy atom. The van der Waals surface area contributed by atoms with Crippen molar-refractivity contribution < 1.29 is 18.3 Å². The van der Waals surface area contributed by atoms with Gasteiger partial charge in [0.05, 0.1) is 17.9 Å². The van der Waals surface area contributed by atoms with Gasteiger partial charge < -0.3 is 5.11 Å². The number of nitrogens with zero attached hydrogens (tertiary/aromatic N) is 2. The highest BCUT2D eigenvalue weighted by Gasteiger charge is 2.31. The molecule has 1 N–H and O–H groups in total. The minimum absolute atomic E-state index is 0.158. The van der Waals surface area contributed by atoms with Crippen molar-refractivity contribution in [3.8, 4) is 11.4 Å². The fraction of sp³-hybridized carbons (Fsp3) is 0.333. The van der Waals surface area contributed by atoms with E-state index in [-0.39, 0.29) is 12.4 Å². The van der Waals surface area contributed by atoms with E-state index in [1.54, 1.807) is 6.07 Å². The number of rotatable bonds is 3. The first-order valence-electron chi connectivity index (χ1n) is 6.63. The highest BCUT2D eigenvalue weighted by Crippen LogP contribution is 2.41. The molecule has 0 aliphatic heterocycles. The van der Waals surface area contributed by atoms with E-state index >= 15 is 0 Å². The second-order valence-corrected chi connectivity index (χ2v) is 5.12. The highest BCUT2D eigenvalue weighted by molar-refractivity contribution is 5.57. The monoisotopic (exact) mass is 294 g/mol. The maximum atomic E-state index is 12.7. The van der Waals surface area contributed by atoms with Gasteiger partial charge >= 0.3 is 6.18 Å². The van der Waals surface area contributed by atoms with Crippen LogP contribution < -0.4 is 0 Å². The highest BCUT2D eigenvalue weighted by atomic mass is 19.4. The Hall–Kier alpha value is -1.95. The number of aliphatic hydroxyl groups excluding tert-OH is 1. The van der Waals surface area contributed by atoms with Gasteiger partial charge in [0.1, 0.15) is 0 Å². The molecule has 1 aromatic carbocycles. The molecule has 1 saturated carbocycles. The van der Waals surface area contributed by atoms with Gasteiger partial charge in [-0.1, -0.05) is 12.1 Å². The van der Waals surface area contributed by atoms with Gasteiger partial charge in [0, 0.05) is 23.2 Å². The number of halogens is 3. The fourth-order valence-electron chi connectivity index (χ4n) is 2.23. The summed E-state index contributed by atoms with van der Waals surface area (Å²) >= 11 is 0. The van der Waals surface area contributed by atoms with Crippen LogP contribution in [0.4, 0.5) is 13.2 Å². The van der Waals surface area contributed by atoms with Crippen LogP contribution in [-0.4, -0.2) is 15.1 Å². The Kier molecular flexibility index (Phi) is 3.41. The first kappa shape index (κ1) is 14.0. The van der Waals surface area contributed by atoms with E-state index in [4.69, 9.17) is 0 Å². The van der Waals surface area contributed by atoms with Crippen molar-refractivity contribution in [2.24, 2.45) is 0 Å². The Morgan fingerprint density at radius 2 is 2.00 bits per heavy atom. The molecule has 1 aliphatic carbocycles. The minimum atomic E-state index is -4.39. The van der Waals surface area contributed by atoms with Gasteiger partial charge in [0.25, 0.3) is 0 Å². The Bertz CT molecular complexity index is 666. The zero-order valence-electron chi connectivity index (χ0n) is 11.1. The molecular formula is C15H13F3N2O. The van der Waals surface area contributed by atoms with Crippen LogP contribution in [0.25, 0.3) is 11.4 Å². The maximum Gasteiger partial charge on any atom is 0.416 e. The molecule has 1 fully saturated rings. The SMILES string of the molecule is OCc1cnc(-c2cccc(C(F)(F)F)c2)nc1C1CC1. The van der Waals surface area contributed by atoms with Gasteiger partial charge in [-0.15, -0.1) is 0 Å². The average molecular weight is 294 g/mol. The predicted octanol–water partition coefficient (Wildman–Crippen LogP) is 3.53. The summed E-state index contributed by atoms with van der Waals surface area (Å²) in [5.41, 5.74) is 1.01. The molecule has 21 heavy (non-hydrogen) atoms. The van der Waals surface area contributed by atoms with Crippen molar-refractivity contribution >= 4 is 0 Å². The molecule has 0 atom stereocenters. The van der Waals surface area contributed by atoms with Crippen LogP contribution in [0.3, 0.4) is 0 Å². The van der Waals surface area contributed by atoms with E-state index in [0.717, 1.165) is 30.7 Å². The molecule has 2 aromatic rings. The maximum absolute atomic E-state index is 12.7. The Balaban J connectivity index is 2.02. The lowest BCUT2D eigenvalue weighted by Gasteiger charge is -2.10. The molecule has 0 amide bonds. The number of hydrogen-bond donors (Lipinski definition) is 1. The lowest BCUT2D eigenvalue weighted by Crippen LogP contribution is -2.05. The van der Waals surface area contributed by atoms with Crippen molar-refractivity contribution in [3.63, 3.8) is 0 Å². The van der Waals surface area contributed by atoms with E-state index in [0.29, 0.717) is 17.0 Å². The predicted molar refractivity (Wildman–Crippen MR) is 70.4 cm³/mol. The average Bonchev–Trinajstić information content (AvgIpc) is 3.30. The quantitative estimate of drug-likeness (QED) is 0.942. The summed E-state index contributed by atoms with van der Waals surface area (Å²) in [5, 5.41) is 9.28. The number of benzene rings is 1. The molecule has 1 heterocycles. The van der Waals surface area contributed by atoms with Gasteiger partial charge in [-0.2, -0.15) is 13.2 Å². The molecule has 6 heteroatoms. The van der Waals surface area contributed by atoms with Crippen LogP contribution >= 0.6 is 0 Å². The van der Waals surface area contributed by atoms with Crippen LogP contribution in [0.2, 0.25) is 0 Å². The molecule has 1 aliphatic rings. The van der Waals surface area contributed by atoms with E-state index < -0.39 is 11.7 Å². The van der Waals surface area contributed by atoms with Crippen LogP contribution in [0, 0.1) is 0 Å². The lowest BCUT2D eigenvalue weighted by atomic mass is 10.1. The topological polar surface area (TPSA) is 46.0 Å². The Morgan fingerprint density at radius 3 is 2.62 bits per heavy atom. The third-order valence-electron chi connectivity index (χ3n) is 3.48. The van der Waals surface area contributed by atoms with E-state index in [9.17, 15) is 18.3 Å². The van der Waals surface area contributed by atoms with E-state index in [2.05, 4.69) is 9.97 Å². The van der Waals surface area contributed by atoms with Crippen LogP contribution in [0.15, 0.2) is 30.5 Å². The summed E-state index contributed by atoms with van der Waals surface area (Å²) in [7, 11) is 0. The van der Waals surface area contributed by atoms with Crippen molar-refractivity contribution in [2.75, 3.05) is 0 Å². The molecule has 0 unspecified atom stereocenters. The van der Waals surface area contributed by atoms with Crippen molar-refractivity contribution in [2.45, 2.75) is 31.5 Å². The Labute approximate surface area is 119 Å². The zero-order chi connectivity index (χ0) is 15.0. The summed E-state index contributed by atoms with van der Waals surface area (Å²) < 4.78 is 38.2. The van der Waals surface area contributed by atoms with Gasteiger partial charge in [-0.25, -0.2) is 9.97 Å². The number of hydrogen-bond acceptors (Lipinski definition) is 3. The molecular weight excluding hydrogens is 281 g/mol. The second-order valence-electron chi connectivity index (χ2n) is 5.12. The third-order valence-corrected chi connectivity index (χ3v) is 3.48. The molecule has 0 spiro atoms. The third kappa shape index (κ3) is 2.90. The first-order chi connectivity index (χ1) is 9.99. The summed E-state index contributed by atoms with van der Waals surface area (Å²) in [6, 6.07) is 4.97. The summed E-state index contributed by atoms with van der Waals surface area (Å²) in [4.78, 5) is 8.44. The number of aromatic nitrogens is 2. The van der Waals surface area contributed by atoms with Crippen molar-refractivity contribution in [1.82, 2.24) is 9.97 Å². The zero-order valence-corrected chi connectivity index (χ0v) is 11.1. The van der Waals surface area contributed by atoms with Gasteiger partial charge in [0.2, 0.25) is 0 Å². The largest absolute Gasteiger partial charge is 0.416 e. The van der Waals surface area contributed by atoms with Crippen LogP contribution in [0.1, 0.15) is 35.6 Å². The number of aliphatic hydroxyl groups is 1. The molecule has 3 nitrogen and oxygen atoms in total. The van der Waals surface area contributed by atoms with Crippen LogP contribution in [0.5, 0.6) is 0 Å². The van der Waals surface area contributed by atoms with Crippen molar-refractivity contribution in [1.29, 1.82) is 0 Å². The summed E-state index contributed by atoms with van der Waals surface area (Å²) in [5.74, 6) is 0.555. The fourth-order valence-corrected chi connectivity index (χ4v) is 2.23. The minimum Gasteiger partial charge on any atom is -0.392 e. The van der Waals surface area contributed by atoms with Gasteiger partial charge in [-0.05, 0) is 25.0 Å². The second kappa shape index (κ2) is 5.11. The van der Waals surface area contributed by atoms with Crippen LogP contribution in [-0.2, 0) is 12.8 Å². The molecule has 0 bridgehead atoms. The molecule has 110 valence electrons. The molecule has 0 radical (unpaired) electrons. The molecule has 3 rings (SSSR count). The smallest absolute Gasteiger partial charge is 0.392 e. The first-order valence-corrected chi connectivity index (χ1v) is 6.63. The van der Waals surface area contributed by atoms with E-state index in [1.807, 2.05) is 0 Å². The standard InChI is InChI=1S/C15H13F3N2O/c16-15(17,18)12-3-1-2-10(6-12)14-19-7-11(8-21)13(20-14)9-4-5-9/h1-3,6-7,9,21H,4-5,8H2. The lowest BCUT2D eigenvalue weighted by molar-refractivity contribution is -0.137. The normalized spacial score (nSPS) is 15.2. The summed E-state index contributed by atoms with van der Waals surface area (Å²) in [6.45, 7) is -0.158. The van der Waals surface area contributed by atoms with Crippen molar-refractivity contribution in [3.05, 3.63) is 47.3 Å². The van der Waals surface area contributed by atoms with E-state index in [1.165, 1.54) is 12.3 Å². The van der Waals surface area contributed by atoms with Gasteiger partial charge in [-0.3, -0.25) is 0 Å². The molecule has 0 saturated heterocycles. The summed E-state index contributed by atoms with van der Waals surface area (Å²) in [6.07, 6.45) is -0.908. The van der Waals surface area contributed by atoms with Gasteiger partial charge in [0.15, 0.2) is 5.82 Å². The molecule has 1 aromatic heterocycles.